The van der Waals surface area contributed by atoms with Gasteiger partial charge in [-0.15, -0.1) is 0 Å². The second-order valence-corrected chi connectivity index (χ2v) is 15.2. The number of fused-ring (bicyclic) bond motifs is 5. The van der Waals surface area contributed by atoms with Crippen molar-refractivity contribution in [1.82, 2.24) is 0 Å². The summed E-state index contributed by atoms with van der Waals surface area (Å²) in [6.07, 6.45) is 17.7. The molecule has 38 heavy (non-hydrogen) atoms. The van der Waals surface area contributed by atoms with Crippen LogP contribution in [0.4, 0.5) is 0 Å². The summed E-state index contributed by atoms with van der Waals surface area (Å²) >= 11 is 0. The number of rotatable bonds is 8. The van der Waals surface area contributed by atoms with E-state index in [0.717, 1.165) is 44.4 Å². The summed E-state index contributed by atoms with van der Waals surface area (Å²) in [6, 6.07) is 0. The minimum atomic E-state index is -0.225. The molecule has 5 aliphatic rings. The smallest absolute Gasteiger partial charge is 0.305 e. The second kappa shape index (κ2) is 11.7. The van der Waals surface area contributed by atoms with Gasteiger partial charge < -0.3 is 14.9 Å². The largest absolute Gasteiger partial charge is 0.466 e. The lowest BCUT2D eigenvalue weighted by Crippen LogP contribution is -2.62. The van der Waals surface area contributed by atoms with E-state index in [-0.39, 0.29) is 29.0 Å². The number of aliphatic hydroxyl groups excluding tert-OH is 2. The van der Waals surface area contributed by atoms with Crippen LogP contribution in [-0.2, 0) is 9.53 Å². The van der Waals surface area contributed by atoms with Crippen LogP contribution in [0.25, 0.3) is 0 Å². The van der Waals surface area contributed by atoms with Gasteiger partial charge in [0.05, 0.1) is 18.8 Å². The number of ether oxygens (including phenoxy) is 1. The van der Waals surface area contributed by atoms with Crippen LogP contribution >= 0.6 is 0 Å². The highest BCUT2D eigenvalue weighted by atomic mass is 16.5. The minimum absolute atomic E-state index is 0.00938. The fraction of sp³-hybridized carbons (Fsp3) is 0.971. The number of carbonyl (C=O) groups excluding carboxylic acids is 1. The summed E-state index contributed by atoms with van der Waals surface area (Å²) in [4.78, 5) is 12.4. The predicted octanol–water partition coefficient (Wildman–Crippen LogP) is 7.54. The fourth-order valence-electron chi connectivity index (χ4n) is 11.4. The molecule has 5 aliphatic carbocycles. The zero-order valence-electron chi connectivity index (χ0n) is 25.0. The molecule has 2 N–H and O–H groups in total. The molecule has 0 radical (unpaired) electrons. The quantitative estimate of drug-likeness (QED) is 0.318. The SMILES string of the molecule is CC[C@H]1[C@@H](O)[C@@H]2[C@H](CC[C@]3(C)[C@@H]([C@H](C)CCOC(=O)CCC4CCCCC4)CC[C@@H]23)[C@@]2(C)CC[C@@H](O)C[C@@H]12. The van der Waals surface area contributed by atoms with Gasteiger partial charge in [-0.2, -0.15) is 0 Å². The zero-order valence-corrected chi connectivity index (χ0v) is 25.0. The van der Waals surface area contributed by atoms with Gasteiger partial charge in [0.15, 0.2) is 0 Å². The van der Waals surface area contributed by atoms with Crippen molar-refractivity contribution in [2.75, 3.05) is 6.61 Å². The van der Waals surface area contributed by atoms with Crippen molar-refractivity contribution in [3.63, 3.8) is 0 Å². The molecule has 5 fully saturated rings. The summed E-state index contributed by atoms with van der Waals surface area (Å²) in [5.74, 6) is 4.32. The topological polar surface area (TPSA) is 66.8 Å². The van der Waals surface area contributed by atoms with Crippen LogP contribution in [-0.4, -0.2) is 35.0 Å². The molecule has 0 aromatic rings. The maximum atomic E-state index is 12.4. The Hall–Kier alpha value is -0.610. The average Bonchev–Trinajstić information content (AvgIpc) is 3.26. The first-order valence-electron chi connectivity index (χ1n) is 16.7. The lowest BCUT2D eigenvalue weighted by atomic mass is 9.41. The molecular formula is C34H58O4. The Morgan fingerprint density at radius 3 is 2.37 bits per heavy atom. The molecule has 0 aromatic carbocycles. The van der Waals surface area contributed by atoms with Crippen molar-refractivity contribution in [1.29, 1.82) is 0 Å². The van der Waals surface area contributed by atoms with E-state index in [4.69, 9.17) is 4.74 Å². The Morgan fingerprint density at radius 2 is 1.63 bits per heavy atom. The molecule has 0 amide bonds. The highest BCUT2D eigenvalue weighted by molar-refractivity contribution is 5.69. The molecule has 11 atom stereocenters. The van der Waals surface area contributed by atoms with Crippen molar-refractivity contribution < 1.29 is 19.7 Å². The lowest BCUT2D eigenvalue weighted by Gasteiger charge is -2.64. The minimum Gasteiger partial charge on any atom is -0.466 e. The standard InChI is InChI=1S/C34H58O4/c1-5-25-29-21-24(35)15-18-34(29,4)28-16-19-33(3)26(12-13-27(33)31(28)32(25)37)22(2)17-20-38-30(36)14-11-23-9-7-6-8-10-23/h22-29,31-32,35,37H,5-21H2,1-4H3/t22-,24-,25-,26-,27+,28+,29+,31+,32-,33-,34-/m1/s1. The first-order valence-corrected chi connectivity index (χ1v) is 16.7. The Kier molecular flexibility index (Phi) is 8.91. The maximum Gasteiger partial charge on any atom is 0.305 e. The van der Waals surface area contributed by atoms with E-state index in [9.17, 15) is 15.0 Å². The van der Waals surface area contributed by atoms with Gasteiger partial charge in [0, 0.05) is 6.42 Å². The molecular weight excluding hydrogens is 472 g/mol. The predicted molar refractivity (Wildman–Crippen MR) is 152 cm³/mol. The molecule has 0 aliphatic heterocycles. The van der Waals surface area contributed by atoms with E-state index in [1.165, 1.54) is 57.8 Å². The first-order chi connectivity index (χ1) is 18.2. The van der Waals surface area contributed by atoms with Crippen LogP contribution in [0.3, 0.4) is 0 Å². The van der Waals surface area contributed by atoms with Gasteiger partial charge in [-0.3, -0.25) is 4.79 Å². The van der Waals surface area contributed by atoms with Gasteiger partial charge in [-0.25, -0.2) is 0 Å². The fourth-order valence-corrected chi connectivity index (χ4v) is 11.4. The van der Waals surface area contributed by atoms with Gasteiger partial charge in [-0.05, 0) is 116 Å². The van der Waals surface area contributed by atoms with Crippen molar-refractivity contribution in [2.24, 2.45) is 58.2 Å². The molecule has 0 spiro atoms. The summed E-state index contributed by atoms with van der Waals surface area (Å²) in [7, 11) is 0. The zero-order chi connectivity index (χ0) is 27.1. The molecule has 4 nitrogen and oxygen atoms in total. The van der Waals surface area contributed by atoms with Crippen LogP contribution in [0.15, 0.2) is 0 Å². The number of aliphatic hydroxyl groups is 2. The van der Waals surface area contributed by atoms with E-state index in [1.54, 1.807) is 0 Å². The van der Waals surface area contributed by atoms with Gasteiger partial charge in [-0.1, -0.05) is 66.2 Å². The van der Waals surface area contributed by atoms with Crippen molar-refractivity contribution in [3.8, 4) is 0 Å². The Balaban J connectivity index is 1.19. The van der Waals surface area contributed by atoms with E-state index in [0.29, 0.717) is 54.5 Å². The van der Waals surface area contributed by atoms with Gasteiger partial charge in [0.25, 0.3) is 0 Å². The van der Waals surface area contributed by atoms with Gasteiger partial charge >= 0.3 is 5.97 Å². The van der Waals surface area contributed by atoms with Gasteiger partial charge in [0.1, 0.15) is 0 Å². The van der Waals surface area contributed by atoms with Gasteiger partial charge in [0.2, 0.25) is 0 Å². The molecule has 0 heterocycles. The third kappa shape index (κ3) is 5.24. The normalized spacial score (nSPS) is 46.1. The van der Waals surface area contributed by atoms with Crippen molar-refractivity contribution in [2.45, 2.75) is 143 Å². The molecule has 5 rings (SSSR count). The number of hydrogen-bond donors (Lipinski definition) is 2. The molecule has 4 heteroatoms. The molecule has 218 valence electrons. The first kappa shape index (κ1) is 28.9. The van der Waals surface area contributed by atoms with Crippen molar-refractivity contribution in [3.05, 3.63) is 0 Å². The highest BCUT2D eigenvalue weighted by Crippen LogP contribution is 2.69. The summed E-state index contributed by atoms with van der Waals surface area (Å²) in [5.41, 5.74) is 0.545. The van der Waals surface area contributed by atoms with Crippen LogP contribution in [0.5, 0.6) is 0 Å². The Labute approximate surface area is 233 Å². The van der Waals surface area contributed by atoms with Crippen molar-refractivity contribution >= 4 is 5.97 Å². The maximum absolute atomic E-state index is 12.4. The average molecular weight is 531 g/mol. The number of carbonyl (C=O) groups is 1. The summed E-state index contributed by atoms with van der Waals surface area (Å²) in [5, 5.41) is 22.4. The lowest BCUT2D eigenvalue weighted by molar-refractivity contribution is -0.203. The van der Waals surface area contributed by atoms with E-state index >= 15 is 0 Å². The monoisotopic (exact) mass is 530 g/mol. The van der Waals surface area contributed by atoms with Crippen LogP contribution in [0, 0.1) is 58.2 Å². The molecule has 5 saturated carbocycles. The Morgan fingerprint density at radius 1 is 0.921 bits per heavy atom. The second-order valence-electron chi connectivity index (χ2n) is 15.2. The van der Waals surface area contributed by atoms with Crippen LogP contribution < -0.4 is 0 Å². The van der Waals surface area contributed by atoms with Crippen LogP contribution in [0.1, 0.15) is 130 Å². The molecule has 0 saturated heterocycles. The van der Waals surface area contributed by atoms with E-state index in [1.807, 2.05) is 0 Å². The third-order valence-electron chi connectivity index (χ3n) is 13.5. The Bertz CT molecular complexity index is 806. The van der Waals surface area contributed by atoms with E-state index < -0.39 is 0 Å². The number of hydrogen-bond acceptors (Lipinski definition) is 4. The molecule has 0 aromatic heterocycles. The highest BCUT2D eigenvalue weighted by Gasteiger charge is 2.64. The summed E-state index contributed by atoms with van der Waals surface area (Å²) in [6.45, 7) is 10.3. The summed E-state index contributed by atoms with van der Waals surface area (Å²) < 4.78 is 5.75. The molecule has 0 bridgehead atoms. The van der Waals surface area contributed by atoms with Crippen LogP contribution in [0.2, 0.25) is 0 Å². The third-order valence-corrected chi connectivity index (χ3v) is 13.5. The van der Waals surface area contributed by atoms with E-state index in [2.05, 4.69) is 27.7 Å². The number of esters is 1. The molecule has 0 unspecified atom stereocenters.